The molecule has 4 rings (SSSR count). The summed E-state index contributed by atoms with van der Waals surface area (Å²) in [4.78, 5) is 0. The third kappa shape index (κ3) is 2.78. The zero-order valence-corrected chi connectivity index (χ0v) is 14.9. The highest BCUT2D eigenvalue weighted by atomic mass is 15.0. The van der Waals surface area contributed by atoms with E-state index in [1.807, 2.05) is 18.2 Å². The van der Waals surface area contributed by atoms with Gasteiger partial charge >= 0.3 is 0 Å². The van der Waals surface area contributed by atoms with E-state index in [0.29, 0.717) is 0 Å². The molecule has 0 saturated heterocycles. The third-order valence-corrected chi connectivity index (χ3v) is 4.80. The van der Waals surface area contributed by atoms with Gasteiger partial charge in [0.2, 0.25) is 0 Å². The minimum absolute atomic E-state index is 1.16. The topological polar surface area (TPSA) is 4.93 Å². The van der Waals surface area contributed by atoms with E-state index in [4.69, 9.17) is 0 Å². The van der Waals surface area contributed by atoms with Crippen LogP contribution in [0.5, 0.6) is 0 Å². The van der Waals surface area contributed by atoms with Gasteiger partial charge in [0, 0.05) is 16.8 Å². The van der Waals surface area contributed by atoms with E-state index in [1.165, 1.54) is 33.3 Å². The Bertz CT molecular complexity index is 1080. The van der Waals surface area contributed by atoms with Crippen LogP contribution in [0, 0.1) is 6.92 Å². The largest absolute Gasteiger partial charge is 0.310 e. The predicted molar refractivity (Wildman–Crippen MR) is 113 cm³/mol. The highest BCUT2D eigenvalue weighted by Gasteiger charge is 2.13. The van der Waals surface area contributed by atoms with Crippen molar-refractivity contribution in [2.75, 3.05) is 0 Å². The Labute approximate surface area is 154 Å². The number of para-hydroxylation sites is 1. The molecule has 0 aliphatic rings. The molecule has 0 aliphatic carbocycles. The van der Waals surface area contributed by atoms with Gasteiger partial charge in [0.25, 0.3) is 0 Å². The lowest BCUT2D eigenvalue weighted by Gasteiger charge is -2.10. The van der Waals surface area contributed by atoms with Crippen molar-refractivity contribution in [1.82, 2.24) is 4.57 Å². The minimum Gasteiger partial charge on any atom is -0.310 e. The molecule has 1 heterocycles. The first kappa shape index (κ1) is 16.2. The van der Waals surface area contributed by atoms with Crippen molar-refractivity contribution in [2.24, 2.45) is 0 Å². The van der Waals surface area contributed by atoms with Crippen molar-refractivity contribution in [3.05, 3.63) is 109 Å². The van der Waals surface area contributed by atoms with E-state index in [2.05, 4.69) is 96.9 Å². The molecular formula is C25H21N. The molecule has 0 fully saturated rings. The molecule has 0 unspecified atom stereocenters. The monoisotopic (exact) mass is 335 g/mol. The average Bonchev–Trinajstić information content (AvgIpc) is 2.99. The molecule has 0 amide bonds. The maximum atomic E-state index is 3.81. The second-order valence-corrected chi connectivity index (χ2v) is 6.37. The molecule has 26 heavy (non-hydrogen) atoms. The average molecular weight is 335 g/mol. The molecule has 0 radical (unpaired) electrons. The van der Waals surface area contributed by atoms with Crippen LogP contribution in [0.1, 0.15) is 11.3 Å². The Morgan fingerprint density at radius 2 is 1.42 bits per heavy atom. The van der Waals surface area contributed by atoms with Crippen LogP contribution in [0.15, 0.2) is 97.6 Å². The molecular weight excluding hydrogens is 314 g/mol. The fraction of sp³-hybridized carbons (Fsp3) is 0.0400. The van der Waals surface area contributed by atoms with Gasteiger partial charge in [-0.3, -0.25) is 0 Å². The number of benzene rings is 3. The molecule has 4 aromatic rings. The van der Waals surface area contributed by atoms with Crippen LogP contribution >= 0.6 is 0 Å². The molecule has 0 bridgehead atoms. The Morgan fingerprint density at radius 1 is 0.769 bits per heavy atom. The molecule has 0 atom stereocenters. The molecule has 1 heteroatoms. The van der Waals surface area contributed by atoms with Crippen molar-refractivity contribution in [2.45, 2.75) is 6.92 Å². The Kier molecular flexibility index (Phi) is 4.28. The molecule has 126 valence electrons. The zero-order chi connectivity index (χ0) is 17.9. The molecule has 0 aliphatic heterocycles. The van der Waals surface area contributed by atoms with Gasteiger partial charge in [0.1, 0.15) is 0 Å². The lowest BCUT2D eigenvalue weighted by Crippen LogP contribution is -1.97. The number of hydrogen-bond donors (Lipinski definition) is 0. The van der Waals surface area contributed by atoms with Crippen LogP contribution in [-0.4, -0.2) is 4.57 Å². The van der Waals surface area contributed by atoms with Gasteiger partial charge < -0.3 is 4.57 Å². The molecule has 1 nitrogen and oxygen atoms in total. The summed E-state index contributed by atoms with van der Waals surface area (Å²) in [5, 5.41) is 1.28. The Morgan fingerprint density at radius 3 is 2.15 bits per heavy atom. The third-order valence-electron chi connectivity index (χ3n) is 4.80. The van der Waals surface area contributed by atoms with E-state index < -0.39 is 0 Å². The molecule has 3 aromatic carbocycles. The maximum Gasteiger partial charge on any atom is 0.0537 e. The summed E-state index contributed by atoms with van der Waals surface area (Å²) in [5.74, 6) is 0. The lowest BCUT2D eigenvalue weighted by atomic mass is 10.1. The summed E-state index contributed by atoms with van der Waals surface area (Å²) < 4.78 is 2.32. The molecule has 0 N–H and O–H groups in total. The Balaban J connectivity index is 1.88. The van der Waals surface area contributed by atoms with Gasteiger partial charge in [0.15, 0.2) is 0 Å². The predicted octanol–water partition coefficient (Wildman–Crippen LogP) is 6.81. The van der Waals surface area contributed by atoms with Crippen LogP contribution in [-0.2, 0) is 0 Å². The summed E-state index contributed by atoms with van der Waals surface area (Å²) in [5.41, 5.74) is 7.33. The second-order valence-electron chi connectivity index (χ2n) is 6.37. The quantitative estimate of drug-likeness (QED) is 0.361. The number of nitrogens with zero attached hydrogens (tertiary/aromatic N) is 1. The van der Waals surface area contributed by atoms with Gasteiger partial charge in [0.05, 0.1) is 5.52 Å². The molecule has 0 spiro atoms. The summed E-state index contributed by atoms with van der Waals surface area (Å²) >= 11 is 0. The van der Waals surface area contributed by atoms with Crippen LogP contribution in [0.2, 0.25) is 0 Å². The fourth-order valence-corrected chi connectivity index (χ4v) is 3.49. The van der Waals surface area contributed by atoms with Crippen molar-refractivity contribution >= 4 is 17.0 Å². The van der Waals surface area contributed by atoms with Gasteiger partial charge in [-0.2, -0.15) is 0 Å². The summed E-state index contributed by atoms with van der Waals surface area (Å²) in [6.45, 7) is 5.99. The lowest BCUT2D eigenvalue weighted by molar-refractivity contribution is 1.10. The first-order valence-corrected chi connectivity index (χ1v) is 8.84. The fourth-order valence-electron chi connectivity index (χ4n) is 3.49. The number of allylic oxidation sites excluding steroid dienone is 2. The van der Waals surface area contributed by atoms with E-state index >= 15 is 0 Å². The number of fused-ring (bicyclic) bond motifs is 1. The minimum atomic E-state index is 1.16. The highest BCUT2D eigenvalue weighted by Crippen LogP contribution is 2.31. The van der Waals surface area contributed by atoms with Crippen LogP contribution in [0.4, 0.5) is 0 Å². The van der Waals surface area contributed by atoms with Crippen molar-refractivity contribution in [3.8, 4) is 16.8 Å². The van der Waals surface area contributed by atoms with Gasteiger partial charge in [-0.25, -0.2) is 0 Å². The van der Waals surface area contributed by atoms with Gasteiger partial charge in [-0.15, -0.1) is 0 Å². The van der Waals surface area contributed by atoms with E-state index in [0.717, 1.165) is 5.69 Å². The van der Waals surface area contributed by atoms with Crippen molar-refractivity contribution < 1.29 is 0 Å². The second kappa shape index (κ2) is 6.89. The van der Waals surface area contributed by atoms with Gasteiger partial charge in [-0.05, 0) is 47.9 Å². The normalized spacial score (nSPS) is 11.3. The van der Waals surface area contributed by atoms with E-state index in [1.54, 1.807) is 0 Å². The first-order valence-electron chi connectivity index (χ1n) is 8.84. The smallest absolute Gasteiger partial charge is 0.0537 e. The maximum absolute atomic E-state index is 3.81. The highest BCUT2D eigenvalue weighted by molar-refractivity contribution is 5.90. The summed E-state index contributed by atoms with van der Waals surface area (Å²) in [6, 6.07) is 27.8. The number of rotatable bonds is 4. The van der Waals surface area contributed by atoms with Crippen molar-refractivity contribution in [1.29, 1.82) is 0 Å². The number of aromatic nitrogens is 1. The van der Waals surface area contributed by atoms with Crippen LogP contribution < -0.4 is 0 Å². The first-order chi connectivity index (χ1) is 12.8. The Hall–Kier alpha value is -3.32. The molecule has 1 aromatic heterocycles. The SMILES string of the molecule is C=C/C=C\c1c(C)c2ccccc2n1-c1ccc(-c2ccccc2)cc1. The van der Waals surface area contributed by atoms with Gasteiger partial charge in [-0.1, -0.05) is 79.4 Å². The molecule has 0 saturated carbocycles. The number of aryl methyl sites for hydroxylation is 1. The summed E-state index contributed by atoms with van der Waals surface area (Å²) in [7, 11) is 0. The van der Waals surface area contributed by atoms with Crippen molar-refractivity contribution in [3.63, 3.8) is 0 Å². The van der Waals surface area contributed by atoms with Crippen LogP contribution in [0.25, 0.3) is 33.8 Å². The zero-order valence-electron chi connectivity index (χ0n) is 14.9. The number of hydrogen-bond acceptors (Lipinski definition) is 0. The van der Waals surface area contributed by atoms with E-state index in [9.17, 15) is 0 Å². The summed E-state index contributed by atoms with van der Waals surface area (Å²) in [6.07, 6.45) is 5.95. The van der Waals surface area contributed by atoms with Crippen LogP contribution in [0.3, 0.4) is 0 Å². The van der Waals surface area contributed by atoms with E-state index in [-0.39, 0.29) is 0 Å². The standard InChI is InChI=1S/C25H21N/c1-3-4-13-24-19(2)23-12-8-9-14-25(23)26(24)22-17-15-21(16-18-22)20-10-6-5-7-11-20/h3-18H,1H2,2H3/b13-4-.